The molecular weight excluding hydrogens is 597 g/mol. The quantitative estimate of drug-likeness (QED) is 0.113. The lowest BCUT2D eigenvalue weighted by atomic mass is 10.0. The zero-order chi connectivity index (χ0) is 30.1. The normalized spacial score (nSPS) is 11.5. The van der Waals surface area contributed by atoms with Gasteiger partial charge in [-0.1, -0.05) is 125 Å². The van der Waals surface area contributed by atoms with E-state index < -0.39 is 11.5 Å². The highest BCUT2D eigenvalue weighted by Crippen LogP contribution is 2.32. The zero-order valence-corrected chi connectivity index (χ0v) is 26.2. The fourth-order valence-corrected chi connectivity index (χ4v) is 6.27. The highest BCUT2D eigenvalue weighted by Gasteiger charge is 2.23. The lowest BCUT2D eigenvalue weighted by Gasteiger charge is -2.08. The van der Waals surface area contributed by atoms with Gasteiger partial charge in [-0.05, 0) is 37.1 Å². The van der Waals surface area contributed by atoms with Gasteiger partial charge in [0.05, 0.1) is 21.3 Å². The summed E-state index contributed by atoms with van der Waals surface area (Å²) < 4.78 is 1.28. The molecule has 4 rings (SSSR count). The van der Waals surface area contributed by atoms with Gasteiger partial charge in [0.2, 0.25) is 0 Å². The Bertz CT molecular complexity index is 1540. The Balaban J connectivity index is 1.47. The third-order valence-corrected chi connectivity index (χ3v) is 8.31. The van der Waals surface area contributed by atoms with Crippen LogP contribution in [0.15, 0.2) is 35.1 Å². The average molecular weight is 635 g/mol. The fraction of sp³-hybridized carbons (Fsp3) is 0.484. The Kier molecular flexibility index (Phi) is 11.9. The van der Waals surface area contributed by atoms with Crippen LogP contribution in [0.25, 0.3) is 22.4 Å². The largest absolute Gasteiger partial charge is 0.478 e. The van der Waals surface area contributed by atoms with Crippen LogP contribution in [-0.2, 0) is 6.42 Å². The number of nitrogens with zero attached hydrogens (tertiary/aromatic N) is 4. The Labute approximate surface area is 260 Å². The second kappa shape index (κ2) is 15.6. The molecule has 0 saturated carbocycles. The molecule has 11 heteroatoms. The van der Waals surface area contributed by atoms with Gasteiger partial charge in [-0.15, -0.1) is 15.0 Å². The number of hydrogen-bond donors (Lipinski definition) is 2. The highest BCUT2D eigenvalue weighted by molar-refractivity contribution is 6.40. The van der Waals surface area contributed by atoms with Gasteiger partial charge in [0.25, 0.3) is 5.56 Å². The van der Waals surface area contributed by atoms with Crippen molar-refractivity contribution in [2.24, 2.45) is 0 Å². The van der Waals surface area contributed by atoms with E-state index in [9.17, 15) is 14.7 Å². The van der Waals surface area contributed by atoms with E-state index in [0.29, 0.717) is 22.7 Å². The summed E-state index contributed by atoms with van der Waals surface area (Å²) in [6.07, 6.45) is 16.7. The minimum atomic E-state index is -1.12. The summed E-state index contributed by atoms with van der Waals surface area (Å²) in [5.41, 5.74) is 1.21. The Morgan fingerprint density at radius 1 is 0.833 bits per heavy atom. The first-order valence-corrected chi connectivity index (χ1v) is 16.0. The summed E-state index contributed by atoms with van der Waals surface area (Å²) in [4.78, 5) is 26.7. The summed E-state index contributed by atoms with van der Waals surface area (Å²) in [6, 6.07) is 7.75. The number of carboxylic acids is 1. The van der Waals surface area contributed by atoms with Crippen LogP contribution in [0, 0.1) is 0 Å². The highest BCUT2D eigenvalue weighted by atomic mass is 35.5. The van der Waals surface area contributed by atoms with Crippen LogP contribution in [-0.4, -0.2) is 35.9 Å². The Morgan fingerprint density at radius 3 is 1.98 bits per heavy atom. The van der Waals surface area contributed by atoms with Crippen LogP contribution in [0.1, 0.15) is 106 Å². The van der Waals surface area contributed by atoms with Crippen LogP contribution in [0.5, 0.6) is 0 Å². The molecule has 0 saturated heterocycles. The predicted molar refractivity (Wildman–Crippen MR) is 170 cm³/mol. The zero-order valence-electron chi connectivity index (χ0n) is 24.0. The van der Waals surface area contributed by atoms with E-state index >= 15 is 0 Å². The van der Waals surface area contributed by atoms with Crippen molar-refractivity contribution in [1.82, 2.24) is 24.8 Å². The number of nitrogens with one attached hydrogen (secondary N) is 1. The number of H-pyrrole nitrogens is 1. The van der Waals surface area contributed by atoms with Crippen LogP contribution in [0.3, 0.4) is 0 Å². The number of benzene rings is 2. The number of aryl methyl sites for hydroxylation is 1. The molecule has 0 radical (unpaired) electrons. The minimum absolute atomic E-state index is 0.0106. The molecule has 0 bridgehead atoms. The molecule has 2 aromatic heterocycles. The van der Waals surface area contributed by atoms with Crippen molar-refractivity contribution in [3.63, 3.8) is 0 Å². The molecule has 0 aliphatic rings. The Hall–Kier alpha value is -2.81. The van der Waals surface area contributed by atoms with E-state index in [1.165, 1.54) is 91.9 Å². The molecule has 2 N–H and O–H groups in total. The Morgan fingerprint density at radius 2 is 1.40 bits per heavy atom. The fourth-order valence-electron chi connectivity index (χ4n) is 5.29. The molecule has 8 nitrogen and oxygen atoms in total. The molecule has 226 valence electrons. The molecule has 0 fully saturated rings. The van der Waals surface area contributed by atoms with Crippen molar-refractivity contribution in [3.05, 3.63) is 67.0 Å². The number of carbonyl (C=O) groups is 1. The van der Waals surface area contributed by atoms with Gasteiger partial charge in [-0.3, -0.25) is 9.89 Å². The van der Waals surface area contributed by atoms with Gasteiger partial charge in [-0.25, -0.2) is 9.48 Å². The maximum absolute atomic E-state index is 13.8. The number of aromatic nitrogens is 5. The molecule has 0 unspecified atom stereocenters. The van der Waals surface area contributed by atoms with Gasteiger partial charge >= 0.3 is 5.97 Å². The smallest absolute Gasteiger partial charge is 0.338 e. The van der Waals surface area contributed by atoms with Crippen molar-refractivity contribution >= 4 is 51.8 Å². The molecule has 42 heavy (non-hydrogen) atoms. The van der Waals surface area contributed by atoms with E-state index in [0.717, 1.165) is 19.3 Å². The van der Waals surface area contributed by atoms with E-state index in [1.54, 1.807) is 12.1 Å². The summed E-state index contributed by atoms with van der Waals surface area (Å²) in [5.74, 6) is -1.12. The molecule has 2 aromatic carbocycles. The molecule has 2 heterocycles. The molecule has 0 aliphatic carbocycles. The minimum Gasteiger partial charge on any atom is -0.478 e. The lowest BCUT2D eigenvalue weighted by Crippen LogP contribution is -2.20. The van der Waals surface area contributed by atoms with Gasteiger partial charge < -0.3 is 5.11 Å². The van der Waals surface area contributed by atoms with Gasteiger partial charge in [0.15, 0.2) is 5.69 Å². The monoisotopic (exact) mass is 633 g/mol. The topological polar surface area (TPSA) is 106 Å². The van der Waals surface area contributed by atoms with Gasteiger partial charge in [-0.2, -0.15) is 0 Å². The maximum Gasteiger partial charge on any atom is 0.338 e. The number of fused-ring (bicyclic) bond motifs is 1. The molecule has 0 aliphatic heterocycles. The SMILES string of the molecule is CCCCCCCCCCCCCCCc1[nH]n(-c2c(Cl)cc(Cl)cc2Cl)c(=O)c1-n1nc2cccc(C(=O)O)c2n1. The number of carboxylic acid groups (broad SMARTS) is 1. The van der Waals surface area contributed by atoms with Crippen molar-refractivity contribution in [3.8, 4) is 11.4 Å². The maximum atomic E-state index is 13.8. The molecule has 0 atom stereocenters. The van der Waals surface area contributed by atoms with Crippen LogP contribution in [0.2, 0.25) is 15.1 Å². The number of rotatable bonds is 17. The first kappa shape index (κ1) is 32.1. The van der Waals surface area contributed by atoms with E-state index in [-0.39, 0.29) is 32.5 Å². The molecule has 4 aromatic rings. The van der Waals surface area contributed by atoms with Crippen molar-refractivity contribution in [1.29, 1.82) is 0 Å². The second-order valence-electron chi connectivity index (χ2n) is 10.8. The second-order valence-corrected chi connectivity index (χ2v) is 12.0. The lowest BCUT2D eigenvalue weighted by molar-refractivity contribution is 0.0698. The third kappa shape index (κ3) is 7.97. The standard InChI is InChI=1S/C31H38Cl3N5O3/c1-2-3-4-5-6-7-8-9-10-11-12-13-14-17-26-29(39-36-25-18-15-16-22(31(41)42)27(25)37-39)30(40)38(35-26)28-23(33)19-21(32)20-24(28)34/h15-16,18-20,35H,2-14,17H2,1H3,(H,41,42). The van der Waals surface area contributed by atoms with E-state index in [2.05, 4.69) is 22.2 Å². The summed E-state index contributed by atoms with van der Waals surface area (Å²) >= 11 is 19.0. The van der Waals surface area contributed by atoms with Crippen molar-refractivity contribution in [2.45, 2.75) is 96.8 Å². The van der Waals surface area contributed by atoms with E-state index in [4.69, 9.17) is 34.8 Å². The predicted octanol–water partition coefficient (Wildman–Crippen LogP) is 9.19. The van der Waals surface area contributed by atoms with E-state index in [1.807, 2.05) is 0 Å². The first-order valence-electron chi connectivity index (χ1n) is 14.9. The number of hydrogen-bond acceptors (Lipinski definition) is 4. The molecule has 0 spiro atoms. The van der Waals surface area contributed by atoms with Crippen molar-refractivity contribution < 1.29 is 9.90 Å². The van der Waals surface area contributed by atoms with Crippen LogP contribution >= 0.6 is 34.8 Å². The van der Waals surface area contributed by atoms with Crippen LogP contribution in [0.4, 0.5) is 0 Å². The number of aromatic carboxylic acids is 1. The summed E-state index contributed by atoms with van der Waals surface area (Å²) in [6.45, 7) is 2.25. The molecule has 0 amide bonds. The summed E-state index contributed by atoms with van der Waals surface area (Å²) in [5, 5.41) is 22.4. The van der Waals surface area contributed by atoms with Crippen LogP contribution < -0.4 is 5.56 Å². The third-order valence-electron chi connectivity index (χ3n) is 7.52. The number of unbranched alkanes of at least 4 members (excludes halogenated alkanes) is 12. The number of aromatic amines is 1. The number of halogens is 3. The first-order chi connectivity index (χ1) is 20.3. The van der Waals surface area contributed by atoms with Crippen molar-refractivity contribution in [2.75, 3.05) is 0 Å². The van der Waals surface area contributed by atoms with Gasteiger partial charge in [0.1, 0.15) is 16.7 Å². The summed E-state index contributed by atoms with van der Waals surface area (Å²) in [7, 11) is 0. The molecular formula is C31H38Cl3N5O3. The average Bonchev–Trinajstić information content (AvgIpc) is 3.51. The van der Waals surface area contributed by atoms with Gasteiger partial charge in [0, 0.05) is 5.02 Å².